The summed E-state index contributed by atoms with van der Waals surface area (Å²) in [5.41, 5.74) is 2.02. The Kier molecular flexibility index (Phi) is 5.35. The minimum atomic E-state index is -0.298. The highest BCUT2D eigenvalue weighted by atomic mass is 16.5. The summed E-state index contributed by atoms with van der Waals surface area (Å²) in [6, 6.07) is 4.99. The average Bonchev–Trinajstić information content (AvgIpc) is 2.85. The highest BCUT2D eigenvalue weighted by molar-refractivity contribution is 5.91. The lowest BCUT2D eigenvalue weighted by atomic mass is 10.2. The Labute approximate surface area is 128 Å². The maximum Gasteiger partial charge on any atom is 0.319 e. The summed E-state index contributed by atoms with van der Waals surface area (Å²) in [6.45, 7) is 2.26. The first-order chi connectivity index (χ1) is 10.6. The molecule has 0 saturated carbocycles. The number of nitrogens with zero attached hydrogens (tertiary/aromatic N) is 1. The van der Waals surface area contributed by atoms with E-state index in [2.05, 4.69) is 20.4 Å². The second-order valence-corrected chi connectivity index (χ2v) is 4.83. The molecule has 1 heterocycles. The number of hydrogen-bond acceptors (Lipinski definition) is 5. The number of aromatic nitrogens is 1. The van der Waals surface area contributed by atoms with Gasteiger partial charge in [-0.25, -0.2) is 9.78 Å². The van der Waals surface area contributed by atoms with E-state index in [1.54, 1.807) is 25.1 Å². The number of rotatable bonds is 6. The number of fused-ring (bicyclic) bond motifs is 1. The number of benzene rings is 1. The summed E-state index contributed by atoms with van der Waals surface area (Å²) >= 11 is 0. The number of ether oxygens (including phenoxy) is 1. The number of amides is 2. The van der Waals surface area contributed by atoms with E-state index in [4.69, 9.17) is 4.42 Å². The first-order valence-electron chi connectivity index (χ1n) is 7.07. The summed E-state index contributed by atoms with van der Waals surface area (Å²) in [7, 11) is 1.36. The molecule has 0 saturated heterocycles. The van der Waals surface area contributed by atoms with Gasteiger partial charge in [0.1, 0.15) is 5.52 Å². The van der Waals surface area contributed by atoms with E-state index in [1.807, 2.05) is 0 Å². The Balaban J connectivity index is 1.75. The fraction of sp³-hybridized carbons (Fsp3) is 0.400. The second-order valence-electron chi connectivity index (χ2n) is 4.83. The molecule has 0 aliphatic rings. The van der Waals surface area contributed by atoms with Gasteiger partial charge in [0.05, 0.1) is 7.11 Å². The largest absolute Gasteiger partial charge is 0.469 e. The van der Waals surface area contributed by atoms with Gasteiger partial charge in [0.15, 0.2) is 11.5 Å². The van der Waals surface area contributed by atoms with Crippen molar-refractivity contribution >= 4 is 28.8 Å². The highest BCUT2D eigenvalue weighted by Gasteiger charge is 2.06. The Morgan fingerprint density at radius 1 is 1.32 bits per heavy atom. The molecule has 0 aliphatic carbocycles. The van der Waals surface area contributed by atoms with Crippen LogP contribution in [0.2, 0.25) is 0 Å². The molecule has 1 aromatic heterocycles. The Bertz CT molecular complexity index is 666. The summed E-state index contributed by atoms with van der Waals surface area (Å²) in [5.74, 6) is 0.349. The number of unbranched alkanes of at least 4 members (excludes halogenated alkanes) is 1. The predicted molar refractivity (Wildman–Crippen MR) is 81.6 cm³/mol. The average molecular weight is 305 g/mol. The zero-order valence-electron chi connectivity index (χ0n) is 12.6. The number of hydrogen-bond donors (Lipinski definition) is 2. The molecule has 0 spiro atoms. The molecule has 118 valence electrons. The molecule has 0 fully saturated rings. The fourth-order valence-electron chi connectivity index (χ4n) is 1.99. The molecular weight excluding hydrogens is 286 g/mol. The monoisotopic (exact) mass is 305 g/mol. The van der Waals surface area contributed by atoms with Crippen LogP contribution >= 0.6 is 0 Å². The van der Waals surface area contributed by atoms with E-state index in [0.29, 0.717) is 43.0 Å². The maximum atomic E-state index is 11.7. The van der Waals surface area contributed by atoms with Crippen LogP contribution in [0.5, 0.6) is 0 Å². The molecule has 7 nitrogen and oxygen atoms in total. The van der Waals surface area contributed by atoms with Gasteiger partial charge in [0, 0.05) is 31.6 Å². The second kappa shape index (κ2) is 7.44. The molecule has 0 unspecified atom stereocenters. The summed E-state index contributed by atoms with van der Waals surface area (Å²) in [5, 5.41) is 5.45. The van der Waals surface area contributed by atoms with Gasteiger partial charge >= 0.3 is 12.0 Å². The number of esters is 1. The van der Waals surface area contributed by atoms with Gasteiger partial charge in [0.25, 0.3) is 0 Å². The third-order valence-corrected chi connectivity index (χ3v) is 3.07. The van der Waals surface area contributed by atoms with Crippen molar-refractivity contribution in [2.75, 3.05) is 19.0 Å². The van der Waals surface area contributed by atoms with Crippen LogP contribution < -0.4 is 10.6 Å². The first kappa shape index (κ1) is 15.8. The van der Waals surface area contributed by atoms with Crippen LogP contribution in [0.4, 0.5) is 10.5 Å². The van der Waals surface area contributed by atoms with Crippen molar-refractivity contribution in [3.05, 3.63) is 24.1 Å². The number of methoxy groups -OCH3 is 1. The highest BCUT2D eigenvalue weighted by Crippen LogP contribution is 2.19. The smallest absolute Gasteiger partial charge is 0.319 e. The predicted octanol–water partition coefficient (Wildman–Crippen LogP) is 2.60. The number of urea groups is 1. The number of oxazole rings is 1. The first-order valence-corrected chi connectivity index (χ1v) is 7.07. The van der Waals surface area contributed by atoms with Crippen molar-refractivity contribution in [1.29, 1.82) is 0 Å². The molecule has 0 aliphatic heterocycles. The quantitative estimate of drug-likeness (QED) is 0.632. The van der Waals surface area contributed by atoms with Gasteiger partial charge in [-0.1, -0.05) is 0 Å². The van der Waals surface area contributed by atoms with Crippen molar-refractivity contribution in [2.24, 2.45) is 0 Å². The van der Waals surface area contributed by atoms with Gasteiger partial charge in [-0.2, -0.15) is 0 Å². The molecule has 1 aromatic carbocycles. The third-order valence-electron chi connectivity index (χ3n) is 3.07. The number of carbonyl (C=O) groups is 2. The topological polar surface area (TPSA) is 93.5 Å². The van der Waals surface area contributed by atoms with Crippen LogP contribution in [-0.2, 0) is 9.53 Å². The van der Waals surface area contributed by atoms with Crippen LogP contribution in [0.1, 0.15) is 25.2 Å². The lowest BCUT2D eigenvalue weighted by Crippen LogP contribution is -2.29. The third kappa shape index (κ3) is 4.47. The summed E-state index contributed by atoms with van der Waals surface area (Å²) in [6.07, 6.45) is 1.75. The van der Waals surface area contributed by atoms with E-state index < -0.39 is 0 Å². The maximum absolute atomic E-state index is 11.7. The molecule has 0 radical (unpaired) electrons. The normalized spacial score (nSPS) is 10.5. The van der Waals surface area contributed by atoms with Gasteiger partial charge in [0.2, 0.25) is 0 Å². The van der Waals surface area contributed by atoms with Crippen LogP contribution in [0, 0.1) is 6.92 Å². The fourth-order valence-corrected chi connectivity index (χ4v) is 1.99. The van der Waals surface area contributed by atoms with Gasteiger partial charge in [-0.3, -0.25) is 4.79 Å². The van der Waals surface area contributed by atoms with Crippen LogP contribution in [0.25, 0.3) is 11.1 Å². The minimum Gasteiger partial charge on any atom is -0.469 e. The number of carbonyl (C=O) groups excluding carboxylic acids is 2. The van der Waals surface area contributed by atoms with E-state index in [1.165, 1.54) is 7.11 Å². The van der Waals surface area contributed by atoms with Crippen LogP contribution in [0.3, 0.4) is 0 Å². The van der Waals surface area contributed by atoms with Crippen molar-refractivity contribution < 1.29 is 18.7 Å². The molecule has 22 heavy (non-hydrogen) atoms. The zero-order chi connectivity index (χ0) is 15.9. The number of anilines is 1. The Morgan fingerprint density at radius 2 is 2.14 bits per heavy atom. The van der Waals surface area contributed by atoms with E-state index >= 15 is 0 Å². The molecule has 2 aromatic rings. The van der Waals surface area contributed by atoms with Crippen molar-refractivity contribution in [3.8, 4) is 0 Å². The zero-order valence-corrected chi connectivity index (χ0v) is 12.6. The molecule has 0 atom stereocenters. The molecule has 7 heteroatoms. The summed E-state index contributed by atoms with van der Waals surface area (Å²) in [4.78, 5) is 26.9. The molecule has 2 N–H and O–H groups in total. The van der Waals surface area contributed by atoms with Crippen molar-refractivity contribution in [1.82, 2.24) is 10.3 Å². The number of nitrogens with one attached hydrogen (secondary N) is 2. The lowest BCUT2D eigenvalue weighted by Gasteiger charge is -2.07. The van der Waals surface area contributed by atoms with E-state index in [0.717, 1.165) is 5.52 Å². The molecule has 0 bridgehead atoms. The van der Waals surface area contributed by atoms with Crippen LogP contribution in [-0.4, -0.2) is 30.6 Å². The van der Waals surface area contributed by atoms with E-state index in [9.17, 15) is 9.59 Å². The van der Waals surface area contributed by atoms with Gasteiger partial charge in [-0.15, -0.1) is 0 Å². The van der Waals surface area contributed by atoms with Gasteiger partial charge < -0.3 is 19.8 Å². The summed E-state index contributed by atoms with van der Waals surface area (Å²) < 4.78 is 9.95. The Morgan fingerprint density at radius 3 is 2.91 bits per heavy atom. The lowest BCUT2D eigenvalue weighted by molar-refractivity contribution is -0.140. The molecule has 2 rings (SSSR count). The van der Waals surface area contributed by atoms with Crippen LogP contribution in [0.15, 0.2) is 22.6 Å². The van der Waals surface area contributed by atoms with Gasteiger partial charge in [-0.05, 0) is 25.0 Å². The number of aryl methyl sites for hydroxylation is 1. The van der Waals surface area contributed by atoms with E-state index in [-0.39, 0.29) is 12.0 Å². The SMILES string of the molecule is COC(=O)CCCCNC(=O)Nc1ccc2nc(C)oc2c1. The van der Waals surface area contributed by atoms with Crippen molar-refractivity contribution in [3.63, 3.8) is 0 Å². The van der Waals surface area contributed by atoms with Crippen molar-refractivity contribution in [2.45, 2.75) is 26.2 Å². The Hall–Kier alpha value is -2.57. The minimum absolute atomic E-state index is 0.236. The standard InChI is InChI=1S/C15H19N3O4/c1-10-17-12-7-6-11(9-13(12)22-10)18-15(20)16-8-4-3-5-14(19)21-2/h6-7,9H,3-5,8H2,1-2H3,(H2,16,18,20). The molecular formula is C15H19N3O4. The molecule has 2 amide bonds.